The molecule has 0 aliphatic carbocycles. The van der Waals surface area contributed by atoms with E-state index in [1.54, 1.807) is 18.0 Å². The van der Waals surface area contributed by atoms with Crippen molar-refractivity contribution in [1.82, 2.24) is 40.1 Å². The minimum Gasteiger partial charge on any atom is -0.338 e. The molecule has 12 heteroatoms. The molecule has 0 radical (unpaired) electrons. The first kappa shape index (κ1) is 33.2. The number of benzene rings is 1. The third kappa shape index (κ3) is 6.76. The first-order valence-corrected chi connectivity index (χ1v) is 18.6. The largest absolute Gasteiger partial charge is 0.338 e. The highest BCUT2D eigenvalue weighted by atomic mass is 32.2. The molecule has 3 saturated heterocycles. The molecular weight excluding hydrogens is 625 g/mol. The van der Waals surface area contributed by atoms with Crippen LogP contribution >= 0.6 is 11.8 Å². The lowest BCUT2D eigenvalue weighted by Crippen LogP contribution is -2.59. The fourth-order valence-electron chi connectivity index (χ4n) is 8.17. The Balaban J connectivity index is 1.03. The van der Waals surface area contributed by atoms with Crippen LogP contribution in [0.2, 0.25) is 0 Å². The van der Waals surface area contributed by atoms with E-state index in [4.69, 9.17) is 0 Å². The van der Waals surface area contributed by atoms with Crippen LogP contribution in [0.4, 0.5) is 4.79 Å². The third-order valence-electron chi connectivity index (χ3n) is 11.2. The van der Waals surface area contributed by atoms with Crippen LogP contribution < -0.4 is 10.9 Å². The number of aromatic nitrogens is 3. The van der Waals surface area contributed by atoms with Gasteiger partial charge in [-0.05, 0) is 87.5 Å². The van der Waals surface area contributed by atoms with Gasteiger partial charge in [0.1, 0.15) is 6.04 Å². The fourth-order valence-corrected chi connectivity index (χ4v) is 9.48. The molecule has 1 atom stereocenters. The number of piperidine rings is 2. The highest BCUT2D eigenvalue weighted by Crippen LogP contribution is 2.43. The van der Waals surface area contributed by atoms with E-state index in [1.165, 1.54) is 18.4 Å². The zero-order chi connectivity index (χ0) is 33.6. The van der Waals surface area contributed by atoms with Gasteiger partial charge >= 0.3 is 6.03 Å². The number of carbonyl (C=O) groups excluding carboxylic acids is 2. The lowest BCUT2D eigenvalue weighted by Gasteiger charge is -2.43. The maximum Gasteiger partial charge on any atom is 0.318 e. The summed E-state index contributed by atoms with van der Waals surface area (Å²) in [6.45, 7) is 12.9. The average Bonchev–Trinajstić information content (AvgIpc) is 3.68. The number of thioether (sulfide) groups is 1. The summed E-state index contributed by atoms with van der Waals surface area (Å²) in [6, 6.07) is 5.97. The molecule has 0 bridgehead atoms. The molecule has 3 fully saturated rings. The molecule has 7 rings (SSSR count). The minimum atomic E-state index is -0.673. The quantitative estimate of drug-likeness (QED) is 0.365. The molecule has 3 aromatic rings. The van der Waals surface area contributed by atoms with Gasteiger partial charge in [0.15, 0.2) is 0 Å². The van der Waals surface area contributed by atoms with E-state index in [0.29, 0.717) is 38.6 Å². The second kappa shape index (κ2) is 13.5. The van der Waals surface area contributed by atoms with Crippen LogP contribution in [0.5, 0.6) is 0 Å². The smallest absolute Gasteiger partial charge is 0.318 e. The molecule has 48 heavy (non-hydrogen) atoms. The number of nitrogens with one attached hydrogen (secondary N) is 3. The molecule has 3 N–H and O–H groups in total. The number of carbonyl (C=O) groups is 2. The van der Waals surface area contributed by atoms with Crippen LogP contribution in [0.25, 0.3) is 10.9 Å². The summed E-state index contributed by atoms with van der Waals surface area (Å²) in [4.78, 5) is 52.9. The molecule has 6 heterocycles. The summed E-state index contributed by atoms with van der Waals surface area (Å²) in [7, 11) is 2.18. The molecule has 258 valence electrons. The number of hydrogen-bond donors (Lipinski definition) is 3. The van der Waals surface area contributed by atoms with Crippen molar-refractivity contribution in [2.75, 3.05) is 65.2 Å². The van der Waals surface area contributed by atoms with E-state index in [0.717, 1.165) is 77.4 Å². The lowest BCUT2D eigenvalue weighted by molar-refractivity contribution is -0.135. The van der Waals surface area contributed by atoms with E-state index in [2.05, 4.69) is 69.4 Å². The van der Waals surface area contributed by atoms with Gasteiger partial charge in [-0.1, -0.05) is 19.9 Å². The van der Waals surface area contributed by atoms with Gasteiger partial charge in [-0.3, -0.25) is 19.6 Å². The van der Waals surface area contributed by atoms with Crippen molar-refractivity contribution in [3.8, 4) is 0 Å². The number of aromatic amines is 2. The Labute approximate surface area is 287 Å². The maximum absolute atomic E-state index is 14.2. The van der Waals surface area contributed by atoms with Crippen molar-refractivity contribution in [3.05, 3.63) is 57.0 Å². The number of aryl methyl sites for hydroxylation is 1. The molecule has 0 saturated carbocycles. The predicted octanol–water partition coefficient (Wildman–Crippen LogP) is 3.68. The van der Waals surface area contributed by atoms with Crippen LogP contribution in [0.1, 0.15) is 67.7 Å². The van der Waals surface area contributed by atoms with Gasteiger partial charge in [0, 0.05) is 73.8 Å². The van der Waals surface area contributed by atoms with Crippen molar-refractivity contribution >= 4 is 34.6 Å². The molecule has 3 amide bonds. The zero-order valence-corrected chi connectivity index (χ0v) is 29.6. The number of rotatable bonds is 6. The van der Waals surface area contributed by atoms with Crippen LogP contribution in [-0.4, -0.2) is 124 Å². The van der Waals surface area contributed by atoms with Crippen molar-refractivity contribution in [2.24, 2.45) is 0 Å². The van der Waals surface area contributed by atoms with Gasteiger partial charge < -0.3 is 25.0 Å². The van der Waals surface area contributed by atoms with Crippen molar-refractivity contribution < 1.29 is 9.59 Å². The van der Waals surface area contributed by atoms with Crippen LogP contribution in [0, 0.1) is 6.92 Å². The normalized spacial score (nSPS) is 21.8. The summed E-state index contributed by atoms with van der Waals surface area (Å²) in [6.07, 6.45) is 6.00. The Kier molecular flexibility index (Phi) is 9.34. The summed E-state index contributed by atoms with van der Waals surface area (Å²) >= 11 is 1.72. The summed E-state index contributed by atoms with van der Waals surface area (Å²) in [5, 5.41) is 12.4. The van der Waals surface area contributed by atoms with E-state index >= 15 is 0 Å². The third-order valence-corrected chi connectivity index (χ3v) is 12.7. The van der Waals surface area contributed by atoms with Crippen LogP contribution in [-0.2, 0) is 16.6 Å². The Morgan fingerprint density at radius 2 is 1.73 bits per heavy atom. The van der Waals surface area contributed by atoms with Gasteiger partial charge in [-0.15, -0.1) is 11.8 Å². The Morgan fingerprint density at radius 3 is 2.46 bits per heavy atom. The molecule has 2 aromatic heterocycles. The molecular formula is C36H50N8O3S. The monoisotopic (exact) mass is 674 g/mol. The molecule has 0 spiro atoms. The SMILES string of the molecule is Cc1cc(C[C@@H](NC(=O)N2CCC(c3cc4c([nH]c3=O)SCC4(C)C)CC2)C(=O)N2CCN(C3CCN(C)CC3)CC2)cc2cn[nH]c12. The second-order valence-electron chi connectivity index (χ2n) is 15.1. The Hall–Kier alpha value is -3.35. The highest BCUT2D eigenvalue weighted by molar-refractivity contribution is 7.99. The summed E-state index contributed by atoms with van der Waals surface area (Å²) in [5.41, 5.74) is 5.13. The van der Waals surface area contributed by atoms with Crippen molar-refractivity contribution in [1.29, 1.82) is 0 Å². The Bertz CT molecular complexity index is 1710. The molecule has 0 unspecified atom stereocenters. The summed E-state index contributed by atoms with van der Waals surface area (Å²) < 4.78 is 0. The number of amides is 3. The standard InChI is InChI=1S/C36H50N8O3S/c1-23-17-24(18-26-21-37-40-31(23)26)19-30(34(46)43-15-13-42(14-16-43)27-7-9-41(4)10-8-27)38-35(47)44-11-5-25(6-12-44)28-20-29-33(39-32(28)45)48-22-36(29,2)3/h17-18,20-21,25,27,30H,5-16,19,22H2,1-4H3,(H,37,40)(H,38,47)(H,39,45)/t30-/m1/s1. The topological polar surface area (TPSA) is 121 Å². The van der Waals surface area contributed by atoms with Crippen molar-refractivity contribution in [3.63, 3.8) is 0 Å². The maximum atomic E-state index is 14.2. The fraction of sp³-hybridized carbons (Fsp3) is 0.611. The number of nitrogens with zero attached hydrogens (tertiary/aromatic N) is 5. The number of piperazine rings is 1. The number of hydrogen-bond acceptors (Lipinski definition) is 7. The number of H-pyrrole nitrogens is 2. The van der Waals surface area contributed by atoms with Gasteiger partial charge in [-0.2, -0.15) is 5.10 Å². The van der Waals surface area contributed by atoms with E-state index in [-0.39, 0.29) is 28.8 Å². The van der Waals surface area contributed by atoms with Gasteiger partial charge in [0.2, 0.25) is 5.91 Å². The first-order chi connectivity index (χ1) is 23.1. The first-order valence-electron chi connectivity index (χ1n) is 17.7. The predicted molar refractivity (Wildman–Crippen MR) is 190 cm³/mol. The van der Waals surface area contributed by atoms with E-state index in [1.807, 2.05) is 16.7 Å². The highest BCUT2D eigenvalue weighted by Gasteiger charge is 2.36. The molecule has 11 nitrogen and oxygen atoms in total. The van der Waals surface area contributed by atoms with Crippen molar-refractivity contribution in [2.45, 2.75) is 81.3 Å². The van der Waals surface area contributed by atoms with Gasteiger partial charge in [0.25, 0.3) is 5.56 Å². The Morgan fingerprint density at radius 1 is 1.00 bits per heavy atom. The van der Waals surface area contributed by atoms with Gasteiger partial charge in [0.05, 0.1) is 16.7 Å². The number of fused-ring (bicyclic) bond motifs is 2. The van der Waals surface area contributed by atoms with Crippen LogP contribution in [0.3, 0.4) is 0 Å². The average molecular weight is 675 g/mol. The molecule has 4 aliphatic heterocycles. The lowest BCUT2D eigenvalue weighted by atomic mass is 9.84. The molecule has 4 aliphatic rings. The second-order valence-corrected chi connectivity index (χ2v) is 16.1. The zero-order valence-electron chi connectivity index (χ0n) is 28.8. The number of urea groups is 1. The van der Waals surface area contributed by atoms with Crippen LogP contribution in [0.15, 0.2) is 34.2 Å². The minimum absolute atomic E-state index is 0.00619. The summed E-state index contributed by atoms with van der Waals surface area (Å²) in [5.74, 6) is 1.05. The number of pyridine rings is 1. The van der Waals surface area contributed by atoms with E-state index < -0.39 is 6.04 Å². The van der Waals surface area contributed by atoms with E-state index in [9.17, 15) is 14.4 Å². The van der Waals surface area contributed by atoms with Gasteiger partial charge in [-0.25, -0.2) is 4.79 Å². The molecule has 1 aromatic carbocycles. The number of likely N-dealkylation sites (tertiary alicyclic amines) is 2.